The van der Waals surface area contributed by atoms with Gasteiger partial charge in [-0.1, -0.05) is 0 Å². The molecule has 17 heterocycles. The highest BCUT2D eigenvalue weighted by Gasteiger charge is 2.30. The van der Waals surface area contributed by atoms with Gasteiger partial charge in [0.1, 0.15) is 27.7 Å². The molecule has 7 aliphatic rings. The largest absolute Gasteiger partial charge is 0.357 e. The van der Waals surface area contributed by atoms with Crippen LogP contribution in [0.3, 0.4) is 0 Å². The zero-order chi connectivity index (χ0) is 75.7. The van der Waals surface area contributed by atoms with Crippen LogP contribution in [0.4, 0.5) is 0 Å². The summed E-state index contributed by atoms with van der Waals surface area (Å²) in [6, 6.07) is 44.0. The van der Waals surface area contributed by atoms with Gasteiger partial charge >= 0.3 is 0 Å². The lowest BCUT2D eigenvalue weighted by atomic mass is 9.99. The summed E-state index contributed by atoms with van der Waals surface area (Å²) in [5.74, 6) is 0. The van der Waals surface area contributed by atoms with Gasteiger partial charge in [-0.2, -0.15) is 0 Å². The molecule has 112 heavy (non-hydrogen) atoms. The maximum atomic E-state index is 5.69. The van der Waals surface area contributed by atoms with E-state index in [2.05, 4.69) is 398 Å². The van der Waals surface area contributed by atoms with Gasteiger partial charge in [0, 0.05) is 188 Å². The molecule has 10 aromatic heterocycles. The van der Waals surface area contributed by atoms with E-state index in [1.165, 1.54) is 44.5 Å². The highest BCUT2D eigenvalue weighted by atomic mass is 15.1. The van der Waals surface area contributed by atoms with Crippen LogP contribution in [0.1, 0.15) is 47.9 Å². The van der Waals surface area contributed by atoms with E-state index in [1.54, 1.807) is 0 Å². The minimum atomic E-state index is 0.821. The molecule has 7 aliphatic heterocycles. The summed E-state index contributed by atoms with van der Waals surface area (Å²) in [7, 11) is 8.18. The Morgan fingerprint density at radius 3 is 0.679 bits per heavy atom. The first-order valence-corrected chi connectivity index (χ1v) is 38.9. The molecule has 0 saturated carbocycles. The van der Waals surface area contributed by atoms with Crippen LogP contribution in [-0.4, -0.2) is 46.2 Å². The van der Waals surface area contributed by atoms with Crippen molar-refractivity contribution in [2.45, 2.75) is 71.5 Å². The Bertz CT molecular complexity index is 5630. The number of hydrogen-bond acceptors (Lipinski definition) is 6. The summed E-state index contributed by atoms with van der Waals surface area (Å²) in [6.07, 6.45) is 81.7. The summed E-state index contributed by atoms with van der Waals surface area (Å²) in [4.78, 5) is 27.1. The molecule has 0 aromatic carbocycles. The average Bonchev–Trinajstić information content (AvgIpc) is 1.61. The second kappa shape index (κ2) is 32.7. The molecular weight excluding hydrogens is 1380 g/mol. The summed E-state index contributed by atoms with van der Waals surface area (Å²) in [5, 5.41) is 0. The Balaban J connectivity index is 0.700. The Morgan fingerprint density at radius 2 is 0.438 bits per heavy atom. The van der Waals surface area contributed by atoms with Gasteiger partial charge in [0.15, 0.2) is 163 Å². The molecule has 0 atom stereocenters. The molecular formula is C96H92N16+10. The maximum absolute atomic E-state index is 5.69. The van der Waals surface area contributed by atoms with E-state index in [4.69, 9.17) is 20.0 Å². The van der Waals surface area contributed by atoms with Crippen LogP contribution in [0.15, 0.2) is 397 Å². The molecule has 0 saturated heterocycles. The number of aromatic nitrogens is 10. The second-order valence-electron chi connectivity index (χ2n) is 29.4. The molecule has 0 amide bonds. The second-order valence-corrected chi connectivity index (χ2v) is 29.4. The predicted molar refractivity (Wildman–Crippen MR) is 437 cm³/mol. The Kier molecular flexibility index (Phi) is 20.8. The van der Waals surface area contributed by atoms with E-state index in [9.17, 15) is 0 Å². The topological polar surface area (TPSA) is 94.7 Å². The monoisotopic (exact) mass is 1470 g/mol. The first-order chi connectivity index (χ1) is 55.0. The van der Waals surface area contributed by atoms with E-state index in [1.807, 2.05) is 28.2 Å². The number of nitrogens with zero attached hydrogens (tertiary/aromatic N) is 16. The van der Waals surface area contributed by atoms with E-state index < -0.39 is 0 Å². The standard InChI is InChI=1S/C96H92N16/c1-101-49-17-73(18-50-101)77-25-57-105(58-26-77)41-5-45-109-65-33-81(34-66-109)93-85-9-11-87(97-85)94(82-35-67-110(68-36-82)46-6-42-106-59-27-78(28-60-106)74-19-51-102(2)52-20-74)89-13-15-91(99-89)96(84-39-71-112(72-40-84)48-8-44-108-63-31-80(32-64-108)76-23-55-104(4)56-24-76)92-16-14-90(100-92)95(88-12-10-86(93)98-88)83-37-69-111(70-38-83)47-7-43-107-61-29-79(30-62-107)75-21-53-103(3)54-22-75/h9-40,49-72H,5-8,41-48H2,1-4H3/q+10. The van der Waals surface area contributed by atoms with Crippen LogP contribution in [0.5, 0.6) is 0 Å². The number of aliphatic imine (C=N–C) groups is 4. The van der Waals surface area contributed by atoms with Crippen molar-refractivity contribution in [3.63, 3.8) is 0 Å². The molecule has 0 unspecified atom stereocenters. The first-order valence-electron chi connectivity index (χ1n) is 38.9. The smallest absolute Gasteiger partial charge is 0.169 e. The third kappa shape index (κ3) is 16.5. The molecule has 16 nitrogen and oxygen atoms in total. The molecule has 0 N–H and O–H groups in total. The lowest BCUT2D eigenvalue weighted by molar-refractivity contribution is -0.727. The van der Waals surface area contributed by atoms with Crippen LogP contribution >= 0.6 is 0 Å². The van der Waals surface area contributed by atoms with Crippen LogP contribution in [-0.2, 0) is 67.0 Å². The van der Waals surface area contributed by atoms with Gasteiger partial charge in [-0.15, -0.1) is 0 Å². The third-order valence-electron chi connectivity index (χ3n) is 21.5. The fraction of sp³-hybridized carbons (Fsp3) is 0.167. The van der Waals surface area contributed by atoms with Crippen molar-refractivity contribution in [1.29, 1.82) is 0 Å². The maximum Gasteiger partial charge on any atom is 0.169 e. The number of hydrogen-bond donors (Lipinski definition) is 0. The van der Waals surface area contributed by atoms with Crippen LogP contribution in [0.25, 0.3) is 55.7 Å². The van der Waals surface area contributed by atoms with Gasteiger partial charge in [-0.05, 0) is 140 Å². The van der Waals surface area contributed by atoms with Crippen molar-refractivity contribution in [2.75, 3.05) is 13.6 Å². The molecule has 10 aromatic rings. The average molecular weight is 1470 g/mol. The van der Waals surface area contributed by atoms with Crippen molar-refractivity contribution < 1.29 is 45.7 Å². The highest BCUT2D eigenvalue weighted by Crippen LogP contribution is 2.39. The normalized spacial score (nSPS) is 15.5. The lowest BCUT2D eigenvalue weighted by Gasteiger charge is -2.20. The van der Waals surface area contributed by atoms with Gasteiger partial charge < -0.3 is 9.80 Å². The Labute approximate surface area is 655 Å². The van der Waals surface area contributed by atoms with Crippen molar-refractivity contribution >= 4 is 45.1 Å². The fourth-order valence-corrected chi connectivity index (χ4v) is 15.1. The molecule has 0 spiro atoms. The van der Waals surface area contributed by atoms with Crippen LogP contribution in [0, 0.1) is 0 Å². The van der Waals surface area contributed by atoms with Gasteiger partial charge in [0.2, 0.25) is 0 Å². The van der Waals surface area contributed by atoms with E-state index in [-0.39, 0.29) is 0 Å². The summed E-state index contributed by atoms with van der Waals surface area (Å²) in [5.41, 5.74) is 24.0. The molecule has 0 radical (unpaired) electrons. The van der Waals surface area contributed by atoms with Gasteiger partial charge in [-0.3, -0.25) is 0 Å². The zero-order valence-electron chi connectivity index (χ0n) is 64.0. The Hall–Kier alpha value is -13.6. The predicted octanol–water partition coefficient (Wildman–Crippen LogP) is 11.4. The van der Waals surface area contributed by atoms with Crippen molar-refractivity contribution in [1.82, 2.24) is 9.80 Å². The van der Waals surface area contributed by atoms with Gasteiger partial charge in [-0.25, -0.2) is 65.6 Å². The quantitative estimate of drug-likeness (QED) is 0.0597. The van der Waals surface area contributed by atoms with Gasteiger partial charge in [0.25, 0.3) is 0 Å². The number of pyridine rings is 10. The summed E-state index contributed by atoms with van der Waals surface area (Å²) < 4.78 is 22.1. The molecule has 17 rings (SSSR count). The molecule has 0 aliphatic carbocycles. The van der Waals surface area contributed by atoms with Crippen molar-refractivity contribution in [3.8, 4) is 33.4 Å². The van der Waals surface area contributed by atoms with Crippen LogP contribution in [0.2, 0.25) is 0 Å². The number of aryl methyl sites for hydroxylation is 10. The Morgan fingerprint density at radius 1 is 0.232 bits per heavy atom. The molecule has 546 valence electrons. The van der Waals surface area contributed by atoms with E-state index >= 15 is 0 Å². The summed E-state index contributed by atoms with van der Waals surface area (Å²) >= 11 is 0. The minimum absolute atomic E-state index is 0.821. The molecule has 8 bridgehead atoms. The third-order valence-corrected chi connectivity index (χ3v) is 21.5. The molecule has 0 fully saturated rings. The molecule has 16 heteroatoms. The fourth-order valence-electron chi connectivity index (χ4n) is 15.1. The summed E-state index contributed by atoms with van der Waals surface area (Å²) in [6.45, 7) is 6.96. The SMILES string of the molecule is CN1C=CC(=C2C=CN(CCC[n+]3ccc(C4=C5C=CC(=N5)C(c5cc[n+](CCC[n+]6ccc(-c7cc[n+](C)cc7)cc6)cc5)=C5C=CC(=N5)C(c5cc[n+](CCC[n+]6ccc(-c7cc[n+](C)cc7)cc6)cc5)=C5C=CC(=N5)C(c5cc[n+](CCC[n+]6ccc(-c7cc[n+](C)cc7)cc6)cc5)=C5C=CC4=N5)cc3)C=C2)C=C1. The number of allylic oxidation sites excluding steroid dienone is 18. The number of rotatable bonds is 23. The number of fused-ring (bicyclic) bond motifs is 4. The van der Waals surface area contributed by atoms with Crippen molar-refractivity contribution in [3.05, 3.63) is 399 Å². The van der Waals surface area contributed by atoms with Gasteiger partial charge in [0.05, 0.1) is 64.9 Å². The minimum Gasteiger partial charge on any atom is -0.357 e. The van der Waals surface area contributed by atoms with Crippen molar-refractivity contribution in [2.24, 2.45) is 41.1 Å². The lowest BCUT2D eigenvalue weighted by Crippen LogP contribution is -2.38. The van der Waals surface area contributed by atoms with Crippen LogP contribution < -0.4 is 45.7 Å². The first kappa shape index (κ1) is 71.3. The highest BCUT2D eigenvalue weighted by molar-refractivity contribution is 6.39. The zero-order valence-corrected chi connectivity index (χ0v) is 64.0. The van der Waals surface area contributed by atoms with E-state index in [0.29, 0.717) is 0 Å². The van der Waals surface area contributed by atoms with E-state index in [0.717, 1.165) is 168 Å².